The number of aromatic nitrogens is 1. The molecule has 0 saturated heterocycles. The fraction of sp³-hybridized carbons (Fsp3) is 0.0312. The van der Waals surface area contributed by atoms with Crippen molar-refractivity contribution in [3.63, 3.8) is 0 Å². The maximum Gasteiger partial charge on any atom is 0.268 e. The van der Waals surface area contributed by atoms with Gasteiger partial charge in [0.1, 0.15) is 6.07 Å². The van der Waals surface area contributed by atoms with Crippen LogP contribution in [-0.4, -0.2) is 12.4 Å². The predicted octanol–water partition coefficient (Wildman–Crippen LogP) is 7.13. The van der Waals surface area contributed by atoms with Crippen molar-refractivity contribution in [2.75, 3.05) is 5.73 Å². The fourth-order valence-electron chi connectivity index (χ4n) is 5.02. The van der Waals surface area contributed by atoms with Crippen LogP contribution in [-0.2, 0) is 10.0 Å². The molecule has 5 aromatic carbocycles. The second kappa shape index (κ2) is 8.91. The first kappa shape index (κ1) is 23.5. The zero-order chi connectivity index (χ0) is 26.4. The van der Waals surface area contributed by atoms with Crippen molar-refractivity contribution in [2.24, 2.45) is 0 Å². The highest BCUT2D eigenvalue weighted by molar-refractivity contribution is 7.90. The highest BCUT2D eigenvalue weighted by Gasteiger charge is 2.26. The summed E-state index contributed by atoms with van der Waals surface area (Å²) in [5, 5.41) is 11.4. The first-order chi connectivity index (χ1) is 18.4. The van der Waals surface area contributed by atoms with E-state index in [9.17, 15) is 13.7 Å². The Labute approximate surface area is 221 Å². The maximum absolute atomic E-state index is 14.0. The van der Waals surface area contributed by atoms with E-state index in [4.69, 9.17) is 5.73 Å². The van der Waals surface area contributed by atoms with Crippen molar-refractivity contribution in [2.45, 2.75) is 11.8 Å². The molecule has 1 heterocycles. The first-order valence-corrected chi connectivity index (χ1v) is 13.6. The molecule has 184 valence electrons. The number of hydrogen-bond acceptors (Lipinski definition) is 4. The lowest BCUT2D eigenvalue weighted by Crippen LogP contribution is -2.13. The summed E-state index contributed by atoms with van der Waals surface area (Å²) in [6, 6.07) is 35.9. The van der Waals surface area contributed by atoms with Crippen LogP contribution in [0.4, 0.5) is 5.69 Å². The third kappa shape index (κ3) is 3.64. The number of hydrogen-bond donors (Lipinski definition) is 1. The third-order valence-electron chi connectivity index (χ3n) is 6.93. The highest BCUT2D eigenvalue weighted by Crippen LogP contribution is 2.41. The second-order valence-electron chi connectivity index (χ2n) is 9.26. The normalized spacial score (nSPS) is 11.6. The molecule has 2 N–H and O–H groups in total. The zero-order valence-corrected chi connectivity index (χ0v) is 21.4. The number of para-hydroxylation sites is 1. The Morgan fingerprint density at radius 3 is 2.03 bits per heavy atom. The smallest absolute Gasteiger partial charge is 0.268 e. The van der Waals surface area contributed by atoms with E-state index < -0.39 is 10.0 Å². The number of nitriles is 1. The Bertz CT molecular complexity index is 1980. The number of fused-ring (bicyclic) bond motifs is 3. The molecule has 0 aliphatic rings. The summed E-state index contributed by atoms with van der Waals surface area (Å²) in [5.41, 5.74) is 12.6. The van der Waals surface area contributed by atoms with Crippen molar-refractivity contribution < 1.29 is 8.42 Å². The molecule has 0 radical (unpaired) electrons. The number of nitrogens with zero attached hydrogens (tertiary/aromatic N) is 2. The van der Waals surface area contributed by atoms with Gasteiger partial charge in [0, 0.05) is 16.3 Å². The molecule has 0 saturated carbocycles. The van der Waals surface area contributed by atoms with Crippen LogP contribution in [0, 0.1) is 18.3 Å². The number of nitrogen functional groups attached to an aromatic ring is 1. The van der Waals surface area contributed by atoms with Crippen LogP contribution in [0.2, 0.25) is 0 Å². The van der Waals surface area contributed by atoms with Crippen molar-refractivity contribution in [1.29, 1.82) is 5.26 Å². The van der Waals surface area contributed by atoms with E-state index in [1.165, 1.54) is 3.97 Å². The SMILES string of the molecule is Cc1ccc(S(=O)(=O)n2c3ccccc3c3c(N)c(C#N)c(-c4ccc(-c5ccccc5)cc4)cc32)cc1. The Morgan fingerprint density at radius 2 is 1.34 bits per heavy atom. The highest BCUT2D eigenvalue weighted by atomic mass is 32.2. The van der Waals surface area contributed by atoms with Crippen molar-refractivity contribution in [3.8, 4) is 28.3 Å². The van der Waals surface area contributed by atoms with Crippen LogP contribution in [0.25, 0.3) is 44.1 Å². The lowest BCUT2D eigenvalue weighted by molar-refractivity contribution is 0.590. The van der Waals surface area contributed by atoms with E-state index in [1.807, 2.05) is 73.7 Å². The molecule has 0 aliphatic heterocycles. The molecule has 0 atom stereocenters. The topological polar surface area (TPSA) is 88.9 Å². The van der Waals surface area contributed by atoms with E-state index in [2.05, 4.69) is 6.07 Å². The predicted molar refractivity (Wildman–Crippen MR) is 153 cm³/mol. The fourth-order valence-corrected chi connectivity index (χ4v) is 6.53. The van der Waals surface area contributed by atoms with Gasteiger partial charge in [-0.15, -0.1) is 0 Å². The Morgan fingerprint density at radius 1 is 0.737 bits per heavy atom. The average Bonchev–Trinajstić information content (AvgIpc) is 3.29. The molecular weight excluding hydrogens is 490 g/mol. The number of rotatable bonds is 4. The van der Waals surface area contributed by atoms with Gasteiger partial charge in [0.2, 0.25) is 0 Å². The number of aryl methyl sites for hydroxylation is 1. The van der Waals surface area contributed by atoms with Gasteiger partial charge in [0.25, 0.3) is 10.0 Å². The molecule has 1 aromatic heterocycles. The third-order valence-corrected chi connectivity index (χ3v) is 8.67. The molecule has 0 fully saturated rings. The molecule has 6 aromatic rings. The van der Waals surface area contributed by atoms with Gasteiger partial charge in [0.15, 0.2) is 0 Å². The van der Waals surface area contributed by atoms with Crippen LogP contribution in [0.3, 0.4) is 0 Å². The summed E-state index contributed by atoms with van der Waals surface area (Å²) in [6.45, 7) is 1.91. The quantitative estimate of drug-likeness (QED) is 0.254. The average molecular weight is 514 g/mol. The molecule has 0 bridgehead atoms. The van der Waals surface area contributed by atoms with Crippen molar-refractivity contribution in [1.82, 2.24) is 3.97 Å². The van der Waals surface area contributed by atoms with E-state index in [0.29, 0.717) is 32.9 Å². The second-order valence-corrected chi connectivity index (χ2v) is 11.0. The van der Waals surface area contributed by atoms with E-state index in [1.54, 1.807) is 42.5 Å². The first-order valence-electron chi connectivity index (χ1n) is 12.1. The van der Waals surface area contributed by atoms with E-state index in [0.717, 1.165) is 22.3 Å². The summed E-state index contributed by atoms with van der Waals surface area (Å²) in [7, 11) is -3.97. The lowest BCUT2D eigenvalue weighted by atomic mass is 9.94. The van der Waals surface area contributed by atoms with Gasteiger partial charge in [0.05, 0.1) is 27.2 Å². The standard InChI is InChI=1S/C32H23N3O2S/c1-21-11-17-25(18-12-21)38(36,37)35-29-10-6-5-9-26(29)31-30(35)19-27(28(20-33)32(31)34)24-15-13-23(14-16-24)22-7-3-2-4-8-22/h2-19H,34H2,1H3. The van der Waals surface area contributed by atoms with Gasteiger partial charge in [-0.2, -0.15) is 5.26 Å². The van der Waals surface area contributed by atoms with Gasteiger partial charge in [-0.25, -0.2) is 12.4 Å². The Balaban J connectivity index is 1.64. The zero-order valence-electron chi connectivity index (χ0n) is 20.6. The van der Waals surface area contributed by atoms with Gasteiger partial charge in [-0.05, 0) is 47.9 Å². The molecule has 0 unspecified atom stereocenters. The number of anilines is 1. The monoisotopic (exact) mass is 513 g/mol. The molecule has 6 rings (SSSR count). The summed E-state index contributed by atoms with van der Waals surface area (Å²) in [4.78, 5) is 0.183. The van der Waals surface area contributed by atoms with E-state index in [-0.39, 0.29) is 10.6 Å². The minimum absolute atomic E-state index is 0.183. The van der Waals surface area contributed by atoms with Gasteiger partial charge >= 0.3 is 0 Å². The lowest BCUT2D eigenvalue weighted by Gasteiger charge is -2.13. The van der Waals surface area contributed by atoms with Crippen LogP contribution in [0.5, 0.6) is 0 Å². The van der Waals surface area contributed by atoms with Crippen LogP contribution in [0.15, 0.2) is 114 Å². The molecule has 0 spiro atoms. The summed E-state index contributed by atoms with van der Waals surface area (Å²) in [5.74, 6) is 0. The largest absolute Gasteiger partial charge is 0.397 e. The molecule has 0 aliphatic carbocycles. The van der Waals surface area contributed by atoms with Crippen molar-refractivity contribution >= 4 is 37.5 Å². The van der Waals surface area contributed by atoms with Gasteiger partial charge < -0.3 is 5.73 Å². The van der Waals surface area contributed by atoms with Crippen molar-refractivity contribution in [3.05, 3.63) is 120 Å². The number of benzene rings is 5. The molecule has 5 nitrogen and oxygen atoms in total. The maximum atomic E-state index is 14.0. The molecule has 38 heavy (non-hydrogen) atoms. The summed E-state index contributed by atoms with van der Waals surface area (Å²) >= 11 is 0. The van der Waals surface area contributed by atoms with Gasteiger partial charge in [-0.1, -0.05) is 90.5 Å². The summed E-state index contributed by atoms with van der Waals surface area (Å²) in [6.07, 6.45) is 0. The molecular formula is C32H23N3O2S. The van der Waals surface area contributed by atoms with E-state index >= 15 is 0 Å². The van der Waals surface area contributed by atoms with Gasteiger partial charge in [-0.3, -0.25) is 0 Å². The molecule has 6 heteroatoms. The number of nitrogens with two attached hydrogens (primary N) is 1. The van der Waals surface area contributed by atoms with Crippen LogP contribution in [0.1, 0.15) is 11.1 Å². The summed E-state index contributed by atoms with van der Waals surface area (Å²) < 4.78 is 29.4. The van der Waals surface area contributed by atoms with Crippen LogP contribution >= 0.6 is 0 Å². The minimum Gasteiger partial charge on any atom is -0.397 e. The minimum atomic E-state index is -3.97. The van der Waals surface area contributed by atoms with Crippen LogP contribution < -0.4 is 5.73 Å². The Hall–Kier alpha value is -4.86. The molecule has 0 amide bonds. The Kier molecular flexibility index (Phi) is 5.52.